The second kappa shape index (κ2) is 8.20. The molecular weight excluding hydrogens is 402 g/mol. The van der Waals surface area contributed by atoms with Gasteiger partial charge in [0, 0.05) is 41.7 Å². The molecule has 0 aliphatic heterocycles. The van der Waals surface area contributed by atoms with E-state index in [1.165, 1.54) is 0 Å². The van der Waals surface area contributed by atoms with E-state index in [9.17, 15) is 4.79 Å². The molecule has 154 valence electrons. The zero-order chi connectivity index (χ0) is 21.3. The molecule has 3 heterocycles. The van der Waals surface area contributed by atoms with Crippen molar-refractivity contribution >= 4 is 28.3 Å². The number of fused-ring (bicyclic) bond motifs is 1. The van der Waals surface area contributed by atoms with Gasteiger partial charge in [-0.3, -0.25) is 4.79 Å². The van der Waals surface area contributed by atoms with Crippen molar-refractivity contribution in [3.8, 4) is 11.4 Å². The summed E-state index contributed by atoms with van der Waals surface area (Å²) in [6.07, 6.45) is 6.99. The van der Waals surface area contributed by atoms with Crippen molar-refractivity contribution in [2.24, 2.45) is 0 Å². The summed E-state index contributed by atoms with van der Waals surface area (Å²) in [7, 11) is 0. The molecule has 0 fully saturated rings. The number of nitrogens with zero attached hydrogens (tertiary/aromatic N) is 3. The van der Waals surface area contributed by atoms with Gasteiger partial charge < -0.3 is 19.6 Å². The fraction of sp³-hybridized carbons (Fsp3) is 0.227. The summed E-state index contributed by atoms with van der Waals surface area (Å²) in [6, 6.07) is 8.93. The zero-order valence-electron chi connectivity index (χ0n) is 16.9. The van der Waals surface area contributed by atoms with Gasteiger partial charge in [-0.15, -0.1) is 0 Å². The first-order chi connectivity index (χ1) is 14.4. The number of hydrogen-bond acceptors (Lipinski definition) is 5. The molecule has 4 rings (SSSR count). The molecule has 4 aromatic rings. The molecule has 1 unspecified atom stereocenters. The predicted molar refractivity (Wildman–Crippen MR) is 119 cm³/mol. The Labute approximate surface area is 178 Å². The molecule has 0 bridgehead atoms. The lowest BCUT2D eigenvalue weighted by Crippen LogP contribution is -2.20. The van der Waals surface area contributed by atoms with E-state index in [2.05, 4.69) is 20.3 Å². The van der Waals surface area contributed by atoms with Gasteiger partial charge in [0.05, 0.1) is 34.7 Å². The van der Waals surface area contributed by atoms with Crippen LogP contribution in [0.3, 0.4) is 0 Å². The minimum absolute atomic E-state index is 0.0132. The molecule has 1 aromatic carbocycles. The smallest absolute Gasteiger partial charge is 0.253 e. The number of nitrogens with one attached hydrogen (secondary N) is 2. The van der Waals surface area contributed by atoms with Crippen LogP contribution in [0.4, 0.5) is 5.82 Å². The van der Waals surface area contributed by atoms with Crippen molar-refractivity contribution in [1.82, 2.24) is 19.5 Å². The average Bonchev–Trinajstić information content (AvgIpc) is 3.23. The Morgan fingerprint density at radius 1 is 1.17 bits per heavy atom. The van der Waals surface area contributed by atoms with E-state index >= 15 is 0 Å². The lowest BCUT2D eigenvalue weighted by atomic mass is 10.1. The van der Waals surface area contributed by atoms with Crippen LogP contribution in [0.25, 0.3) is 16.6 Å². The van der Waals surface area contributed by atoms with Crippen LogP contribution in [0.1, 0.15) is 32.4 Å². The topological polar surface area (TPSA) is 84.8 Å². The molecule has 0 aliphatic carbocycles. The number of imidazole rings is 1. The minimum atomic E-state index is -0.269. The first kappa shape index (κ1) is 20.0. The van der Waals surface area contributed by atoms with Gasteiger partial charge >= 0.3 is 0 Å². The zero-order valence-corrected chi connectivity index (χ0v) is 17.6. The van der Waals surface area contributed by atoms with Crippen LogP contribution in [0, 0.1) is 0 Å². The van der Waals surface area contributed by atoms with Crippen molar-refractivity contribution in [2.45, 2.75) is 32.9 Å². The van der Waals surface area contributed by atoms with Crippen LogP contribution >= 0.6 is 11.6 Å². The fourth-order valence-electron chi connectivity index (χ4n) is 3.26. The summed E-state index contributed by atoms with van der Waals surface area (Å²) in [6.45, 7) is 5.77. The van der Waals surface area contributed by atoms with E-state index in [0.29, 0.717) is 27.7 Å². The lowest BCUT2D eigenvalue weighted by Gasteiger charge is -2.16. The molecule has 0 amide bonds. The summed E-state index contributed by atoms with van der Waals surface area (Å²) in [5.74, 6) is 1.21. The van der Waals surface area contributed by atoms with Crippen molar-refractivity contribution < 1.29 is 4.74 Å². The van der Waals surface area contributed by atoms with Crippen LogP contribution in [0.5, 0.6) is 5.75 Å². The van der Waals surface area contributed by atoms with Crippen LogP contribution in [-0.4, -0.2) is 25.6 Å². The Kier molecular flexibility index (Phi) is 5.46. The number of hydrogen-bond donors (Lipinski definition) is 2. The molecule has 8 heteroatoms. The normalized spacial score (nSPS) is 12.3. The number of H-pyrrole nitrogens is 1. The van der Waals surface area contributed by atoms with Crippen LogP contribution in [0.15, 0.2) is 60.0 Å². The van der Waals surface area contributed by atoms with E-state index in [0.717, 1.165) is 11.1 Å². The number of halogens is 1. The third-order valence-corrected chi connectivity index (χ3v) is 4.96. The monoisotopic (exact) mass is 423 g/mol. The predicted octanol–water partition coefficient (Wildman–Crippen LogP) is 4.72. The van der Waals surface area contributed by atoms with Gasteiger partial charge in [0.2, 0.25) is 0 Å². The second-order valence-corrected chi connectivity index (χ2v) is 7.73. The molecule has 0 saturated heterocycles. The van der Waals surface area contributed by atoms with E-state index < -0.39 is 0 Å². The molecule has 7 nitrogen and oxygen atoms in total. The molecular formula is C22H22ClN5O2. The molecule has 3 aromatic heterocycles. The molecule has 0 spiro atoms. The average molecular weight is 424 g/mol. The Morgan fingerprint density at radius 2 is 2.00 bits per heavy atom. The summed E-state index contributed by atoms with van der Waals surface area (Å²) in [5, 5.41) is 4.63. The minimum Gasteiger partial charge on any atom is -0.489 e. The Hall–Kier alpha value is -3.32. The van der Waals surface area contributed by atoms with E-state index in [-0.39, 0.29) is 17.7 Å². The second-order valence-electron chi connectivity index (χ2n) is 7.33. The highest BCUT2D eigenvalue weighted by molar-refractivity contribution is 6.32. The maximum atomic E-state index is 12.7. The van der Waals surface area contributed by atoms with Crippen molar-refractivity contribution in [3.05, 3.63) is 76.2 Å². The van der Waals surface area contributed by atoms with Crippen molar-refractivity contribution in [1.29, 1.82) is 0 Å². The number of ether oxygens (including phenoxy) is 1. The SMILES string of the molecule is CC(C)Oc1cc2[nH]c(=O)c(C(C)Nc3cc(-n4ccnc4)ccn3)cc2cc1Cl. The third kappa shape index (κ3) is 4.16. The van der Waals surface area contributed by atoms with Gasteiger partial charge in [-0.2, -0.15) is 0 Å². The summed E-state index contributed by atoms with van der Waals surface area (Å²) < 4.78 is 7.60. The maximum absolute atomic E-state index is 12.7. The van der Waals surface area contributed by atoms with Gasteiger partial charge in [0.1, 0.15) is 11.6 Å². The molecule has 1 atom stereocenters. The number of anilines is 1. The van der Waals surface area contributed by atoms with Crippen LogP contribution in [0.2, 0.25) is 5.02 Å². The molecule has 30 heavy (non-hydrogen) atoms. The number of benzene rings is 1. The highest BCUT2D eigenvalue weighted by Gasteiger charge is 2.14. The van der Waals surface area contributed by atoms with Gasteiger partial charge in [-0.1, -0.05) is 11.6 Å². The van der Waals surface area contributed by atoms with Crippen molar-refractivity contribution in [3.63, 3.8) is 0 Å². The quantitative estimate of drug-likeness (QED) is 0.468. The molecule has 0 aliphatic rings. The number of aromatic nitrogens is 4. The fourth-order valence-corrected chi connectivity index (χ4v) is 3.48. The largest absolute Gasteiger partial charge is 0.489 e. The first-order valence-electron chi connectivity index (χ1n) is 9.65. The van der Waals surface area contributed by atoms with Gasteiger partial charge in [-0.05, 0) is 39.0 Å². The highest BCUT2D eigenvalue weighted by atomic mass is 35.5. The third-order valence-electron chi connectivity index (χ3n) is 4.67. The maximum Gasteiger partial charge on any atom is 0.253 e. The van der Waals surface area contributed by atoms with E-state index in [4.69, 9.17) is 16.3 Å². The van der Waals surface area contributed by atoms with Crippen LogP contribution < -0.4 is 15.6 Å². The van der Waals surface area contributed by atoms with E-state index in [1.807, 2.05) is 49.7 Å². The van der Waals surface area contributed by atoms with Gasteiger partial charge in [-0.25, -0.2) is 9.97 Å². The standard InChI is InChI=1S/C22H22ClN5O2/c1-13(2)30-20-11-19-15(9-18(20)23)8-17(22(29)27-19)14(3)26-21-10-16(4-5-25-21)28-7-6-24-12-28/h4-14H,1-3H3,(H,25,26)(H,27,29). The van der Waals surface area contributed by atoms with Crippen molar-refractivity contribution in [2.75, 3.05) is 5.32 Å². The van der Waals surface area contributed by atoms with Crippen LogP contribution in [-0.2, 0) is 0 Å². The Bertz CT molecular complexity index is 1230. The summed E-state index contributed by atoms with van der Waals surface area (Å²) in [5.41, 5.74) is 2.02. The van der Waals surface area contributed by atoms with Gasteiger partial charge in [0.15, 0.2) is 0 Å². The number of aromatic amines is 1. The lowest BCUT2D eigenvalue weighted by molar-refractivity contribution is 0.243. The molecule has 2 N–H and O–H groups in total. The number of rotatable bonds is 6. The van der Waals surface area contributed by atoms with E-state index in [1.54, 1.807) is 30.9 Å². The van der Waals surface area contributed by atoms with Gasteiger partial charge in [0.25, 0.3) is 5.56 Å². The summed E-state index contributed by atoms with van der Waals surface area (Å²) >= 11 is 6.36. The molecule has 0 radical (unpaired) electrons. The highest BCUT2D eigenvalue weighted by Crippen LogP contribution is 2.30. The Morgan fingerprint density at radius 3 is 2.73 bits per heavy atom. The molecule has 0 saturated carbocycles. The number of pyridine rings is 2. The first-order valence-corrected chi connectivity index (χ1v) is 10.0. The Balaban J connectivity index is 1.63. The summed E-state index contributed by atoms with van der Waals surface area (Å²) in [4.78, 5) is 24.1.